The van der Waals surface area contributed by atoms with Crippen LogP contribution in [0.25, 0.3) is 12.2 Å². The number of hydrogen-bond acceptors (Lipinski definition) is 0. The average Bonchev–Trinajstić information content (AvgIpc) is 2.69. The van der Waals surface area contributed by atoms with Crippen molar-refractivity contribution in [1.82, 2.24) is 0 Å². The predicted octanol–water partition coefficient (Wildman–Crippen LogP) is 7.29. The molecular weight excluding hydrogens is 331 g/mol. The molecule has 1 heteroatoms. The zero-order valence-corrected chi connectivity index (χ0v) is 16.2. The molecule has 0 heterocycles. The van der Waals surface area contributed by atoms with E-state index in [1.54, 1.807) is 6.07 Å². The summed E-state index contributed by atoms with van der Waals surface area (Å²) < 4.78 is 14.2. The Labute approximate surface area is 162 Å². The molecule has 0 N–H and O–H groups in total. The molecule has 27 heavy (non-hydrogen) atoms. The van der Waals surface area contributed by atoms with Gasteiger partial charge in [-0.3, -0.25) is 0 Å². The van der Waals surface area contributed by atoms with Gasteiger partial charge in [0.2, 0.25) is 0 Å². The molecule has 0 nitrogen and oxygen atoms in total. The van der Waals surface area contributed by atoms with Gasteiger partial charge in [-0.1, -0.05) is 99.2 Å². The Balaban J connectivity index is 1.64. The van der Waals surface area contributed by atoms with E-state index in [1.165, 1.54) is 11.1 Å². The van der Waals surface area contributed by atoms with Crippen molar-refractivity contribution in [2.45, 2.75) is 39.0 Å². The van der Waals surface area contributed by atoms with Crippen molar-refractivity contribution in [3.63, 3.8) is 0 Å². The van der Waals surface area contributed by atoms with Crippen LogP contribution in [0, 0.1) is 5.82 Å². The minimum Gasteiger partial charge on any atom is -0.206 e. The maximum absolute atomic E-state index is 14.2. The van der Waals surface area contributed by atoms with Gasteiger partial charge >= 0.3 is 0 Å². The van der Waals surface area contributed by atoms with Crippen LogP contribution < -0.4 is 0 Å². The van der Waals surface area contributed by atoms with E-state index >= 15 is 0 Å². The van der Waals surface area contributed by atoms with E-state index in [0.29, 0.717) is 11.5 Å². The molecule has 1 atom stereocenters. The molecule has 0 spiro atoms. The molecule has 0 unspecified atom stereocenters. The quantitative estimate of drug-likeness (QED) is 0.389. The van der Waals surface area contributed by atoms with Crippen LogP contribution in [0.5, 0.6) is 0 Å². The van der Waals surface area contributed by atoms with E-state index in [2.05, 4.69) is 68.4 Å². The van der Waals surface area contributed by atoms with Crippen molar-refractivity contribution in [2.75, 3.05) is 0 Å². The lowest BCUT2D eigenvalue weighted by atomic mass is 9.93. The molecule has 3 aromatic rings. The summed E-state index contributed by atoms with van der Waals surface area (Å²) in [6, 6.07) is 24.7. The van der Waals surface area contributed by atoms with Crippen molar-refractivity contribution < 1.29 is 4.39 Å². The van der Waals surface area contributed by atoms with Gasteiger partial charge in [0.05, 0.1) is 0 Å². The molecule has 0 saturated carbocycles. The van der Waals surface area contributed by atoms with Crippen molar-refractivity contribution in [3.8, 4) is 0 Å². The lowest BCUT2D eigenvalue weighted by molar-refractivity contribution is 0.622. The third-order valence-electron chi connectivity index (χ3n) is 4.95. The normalized spacial score (nSPS) is 12.4. The van der Waals surface area contributed by atoms with Crippen LogP contribution in [0.2, 0.25) is 0 Å². The number of halogens is 1. The number of rotatable bonds is 7. The third kappa shape index (κ3) is 5.40. The van der Waals surface area contributed by atoms with Crippen molar-refractivity contribution in [3.05, 3.63) is 106 Å². The Morgan fingerprint density at radius 3 is 2.22 bits per heavy atom. The van der Waals surface area contributed by atoms with Crippen molar-refractivity contribution in [1.29, 1.82) is 0 Å². The molecule has 0 bridgehead atoms. The maximum Gasteiger partial charge on any atom is 0.130 e. The molecular formula is C26H27F. The van der Waals surface area contributed by atoms with Crippen LogP contribution in [0.4, 0.5) is 4.39 Å². The molecule has 3 aromatic carbocycles. The van der Waals surface area contributed by atoms with Gasteiger partial charge in [-0.25, -0.2) is 4.39 Å². The lowest BCUT2D eigenvalue weighted by Crippen LogP contribution is -1.98. The summed E-state index contributed by atoms with van der Waals surface area (Å²) in [6.07, 6.45) is 6.80. The fourth-order valence-corrected chi connectivity index (χ4v) is 3.35. The zero-order valence-electron chi connectivity index (χ0n) is 16.2. The highest BCUT2D eigenvalue weighted by molar-refractivity contribution is 5.70. The van der Waals surface area contributed by atoms with Gasteiger partial charge in [0.1, 0.15) is 5.82 Å². The summed E-state index contributed by atoms with van der Waals surface area (Å²) in [5.41, 5.74) is 5.46. The van der Waals surface area contributed by atoms with Crippen LogP contribution in [-0.2, 0) is 12.8 Å². The summed E-state index contributed by atoms with van der Waals surface area (Å²) >= 11 is 0. The highest BCUT2D eigenvalue weighted by Gasteiger charge is 2.06. The highest BCUT2D eigenvalue weighted by atomic mass is 19.1. The van der Waals surface area contributed by atoms with E-state index < -0.39 is 0 Å². The molecule has 0 radical (unpaired) electrons. The van der Waals surface area contributed by atoms with E-state index in [-0.39, 0.29) is 5.82 Å². The fraction of sp³-hybridized carbons (Fsp3) is 0.231. The van der Waals surface area contributed by atoms with Gasteiger partial charge in [0.25, 0.3) is 0 Å². The molecule has 0 saturated heterocycles. The van der Waals surface area contributed by atoms with Crippen molar-refractivity contribution >= 4 is 12.2 Å². The van der Waals surface area contributed by atoms with Crippen LogP contribution >= 0.6 is 0 Å². The smallest absolute Gasteiger partial charge is 0.130 e. The Hall–Kier alpha value is -2.67. The third-order valence-corrected chi connectivity index (χ3v) is 4.95. The molecule has 0 aliphatic rings. The summed E-state index contributed by atoms with van der Waals surface area (Å²) in [5.74, 6) is 0.342. The van der Waals surface area contributed by atoms with Gasteiger partial charge < -0.3 is 0 Å². The molecule has 0 aromatic heterocycles. The van der Waals surface area contributed by atoms with Crippen LogP contribution in [-0.4, -0.2) is 0 Å². The molecule has 0 amide bonds. The first-order chi connectivity index (χ1) is 13.2. The zero-order chi connectivity index (χ0) is 19.1. The summed E-state index contributed by atoms with van der Waals surface area (Å²) in [4.78, 5) is 0. The van der Waals surface area contributed by atoms with Gasteiger partial charge in [-0.2, -0.15) is 0 Å². The minimum absolute atomic E-state index is 0.148. The SMILES string of the molecule is CCCc1ccc(C=Cc2ccc(C[C@H](C)c3ccccc3)cc2)c(F)c1. The lowest BCUT2D eigenvalue weighted by Gasteiger charge is -2.12. The Bertz CT molecular complexity index is 876. The number of aryl methyl sites for hydroxylation is 1. The molecule has 3 rings (SSSR count). The van der Waals surface area contributed by atoms with Crippen LogP contribution in [0.3, 0.4) is 0 Å². The van der Waals surface area contributed by atoms with E-state index in [0.717, 1.165) is 30.4 Å². The largest absolute Gasteiger partial charge is 0.206 e. The standard InChI is InChI=1S/C26H27F/c1-3-7-22-15-17-25(26(27)19-22)16-14-21-10-12-23(13-11-21)18-20(2)24-8-5-4-6-9-24/h4-6,8-17,19-20H,3,7,18H2,1-2H3/t20-/m0/s1. The number of hydrogen-bond donors (Lipinski definition) is 0. The predicted molar refractivity (Wildman–Crippen MR) is 114 cm³/mol. The van der Waals surface area contributed by atoms with Gasteiger partial charge in [0.15, 0.2) is 0 Å². The second-order valence-corrected chi connectivity index (χ2v) is 7.20. The summed E-state index contributed by atoms with van der Waals surface area (Å²) in [5, 5.41) is 0. The molecule has 0 aliphatic carbocycles. The Morgan fingerprint density at radius 1 is 0.852 bits per heavy atom. The topological polar surface area (TPSA) is 0 Å². The summed E-state index contributed by atoms with van der Waals surface area (Å²) in [6.45, 7) is 4.37. The van der Waals surface area contributed by atoms with Crippen LogP contribution in [0.15, 0.2) is 72.8 Å². The van der Waals surface area contributed by atoms with Gasteiger partial charge in [-0.05, 0) is 47.1 Å². The van der Waals surface area contributed by atoms with Gasteiger partial charge in [-0.15, -0.1) is 0 Å². The Morgan fingerprint density at radius 2 is 1.56 bits per heavy atom. The van der Waals surface area contributed by atoms with Crippen LogP contribution in [0.1, 0.15) is 54.0 Å². The van der Waals surface area contributed by atoms with Crippen molar-refractivity contribution in [2.24, 2.45) is 0 Å². The first kappa shape index (κ1) is 19.1. The first-order valence-corrected chi connectivity index (χ1v) is 9.76. The highest BCUT2D eigenvalue weighted by Crippen LogP contribution is 2.21. The van der Waals surface area contributed by atoms with E-state index in [4.69, 9.17) is 0 Å². The fourth-order valence-electron chi connectivity index (χ4n) is 3.35. The second kappa shape index (κ2) is 9.32. The first-order valence-electron chi connectivity index (χ1n) is 9.76. The number of benzene rings is 3. The molecule has 0 fully saturated rings. The molecule has 0 aliphatic heterocycles. The van der Waals surface area contributed by atoms with E-state index in [9.17, 15) is 4.39 Å². The minimum atomic E-state index is -0.148. The summed E-state index contributed by atoms with van der Waals surface area (Å²) in [7, 11) is 0. The van der Waals surface area contributed by atoms with E-state index in [1.807, 2.05) is 24.3 Å². The average molecular weight is 358 g/mol. The maximum atomic E-state index is 14.2. The Kier molecular flexibility index (Phi) is 6.59. The second-order valence-electron chi connectivity index (χ2n) is 7.20. The van der Waals surface area contributed by atoms with Gasteiger partial charge in [0, 0.05) is 5.56 Å². The molecule has 138 valence electrons. The monoisotopic (exact) mass is 358 g/mol.